The molecule has 1 aromatic rings. The first kappa shape index (κ1) is 20.6. The lowest BCUT2D eigenvalue weighted by Gasteiger charge is -2.28. The molecule has 10 nitrogen and oxygen atoms in total. The molecule has 3 rings (SSSR count). The van der Waals surface area contributed by atoms with Crippen molar-refractivity contribution in [3.8, 4) is 0 Å². The highest BCUT2D eigenvalue weighted by Crippen LogP contribution is 2.19. The third-order valence-electron chi connectivity index (χ3n) is 4.71. The maximum Gasteiger partial charge on any atom is 0.327 e. The fourth-order valence-electron chi connectivity index (χ4n) is 3.06. The first-order valence-electron chi connectivity index (χ1n) is 9.33. The van der Waals surface area contributed by atoms with Gasteiger partial charge in [0.05, 0.1) is 13.2 Å². The number of nitrogens with one attached hydrogen (secondary N) is 1. The molecular formula is C19H24N4O6. The fraction of sp³-hybridized carbons (Fsp3) is 0.474. The predicted octanol–water partition coefficient (Wildman–Crippen LogP) is 0.287. The summed E-state index contributed by atoms with van der Waals surface area (Å²) in [5.74, 6) is -1.81. The topological polar surface area (TPSA) is 108 Å². The summed E-state index contributed by atoms with van der Waals surface area (Å²) >= 11 is 0. The molecule has 1 aromatic carbocycles. The van der Waals surface area contributed by atoms with Crippen molar-refractivity contribution in [1.82, 2.24) is 9.80 Å². The van der Waals surface area contributed by atoms with E-state index in [0.717, 1.165) is 23.7 Å². The number of carbonyl (C=O) groups is 4. The van der Waals surface area contributed by atoms with Crippen molar-refractivity contribution in [2.75, 3.05) is 56.7 Å². The van der Waals surface area contributed by atoms with E-state index in [9.17, 15) is 19.2 Å². The van der Waals surface area contributed by atoms with Crippen LogP contribution in [0.15, 0.2) is 24.3 Å². The molecular weight excluding hydrogens is 380 g/mol. The number of rotatable bonds is 6. The largest absolute Gasteiger partial charge is 0.451 e. The fourth-order valence-corrected chi connectivity index (χ4v) is 3.06. The lowest BCUT2D eigenvalue weighted by molar-refractivity contribution is -0.154. The minimum Gasteiger partial charge on any atom is -0.451 e. The summed E-state index contributed by atoms with van der Waals surface area (Å²) < 4.78 is 10.4. The summed E-state index contributed by atoms with van der Waals surface area (Å²) in [6.45, 7) is 3.83. The van der Waals surface area contributed by atoms with E-state index < -0.39 is 36.5 Å². The van der Waals surface area contributed by atoms with Gasteiger partial charge in [0.2, 0.25) is 0 Å². The van der Waals surface area contributed by atoms with Gasteiger partial charge in [-0.1, -0.05) is 0 Å². The van der Waals surface area contributed by atoms with E-state index in [4.69, 9.17) is 9.47 Å². The molecule has 10 heteroatoms. The molecule has 2 aliphatic heterocycles. The second-order valence-electron chi connectivity index (χ2n) is 6.89. The molecule has 1 N–H and O–H groups in total. The minimum atomic E-state index is -1.08. The SMILES string of the molecule is C[C@@H](OC(=O)CN1C(=O)CN(C)C1=O)C(=O)Nc1ccc(N2CCOCC2)cc1. The number of imide groups is 1. The number of esters is 1. The number of nitrogens with zero attached hydrogens (tertiary/aromatic N) is 3. The van der Waals surface area contributed by atoms with Gasteiger partial charge >= 0.3 is 12.0 Å². The monoisotopic (exact) mass is 404 g/mol. The molecule has 0 bridgehead atoms. The van der Waals surface area contributed by atoms with Crippen LogP contribution in [0, 0.1) is 0 Å². The molecule has 4 amide bonds. The van der Waals surface area contributed by atoms with Crippen LogP contribution in [0.2, 0.25) is 0 Å². The van der Waals surface area contributed by atoms with Crippen LogP contribution in [0.25, 0.3) is 0 Å². The maximum absolute atomic E-state index is 12.3. The van der Waals surface area contributed by atoms with Gasteiger partial charge < -0.3 is 24.6 Å². The second-order valence-corrected chi connectivity index (χ2v) is 6.89. The highest BCUT2D eigenvalue weighted by molar-refractivity contribution is 6.04. The van der Waals surface area contributed by atoms with E-state index in [2.05, 4.69) is 10.2 Å². The summed E-state index contributed by atoms with van der Waals surface area (Å²) in [6, 6.07) is 6.78. The normalized spacial score (nSPS) is 18.1. The molecule has 2 aliphatic rings. The molecule has 2 saturated heterocycles. The van der Waals surface area contributed by atoms with Gasteiger partial charge in [0.25, 0.3) is 11.8 Å². The average molecular weight is 404 g/mol. The second kappa shape index (κ2) is 8.91. The number of hydrogen-bond acceptors (Lipinski definition) is 7. The predicted molar refractivity (Wildman–Crippen MR) is 103 cm³/mol. The highest BCUT2D eigenvalue weighted by Gasteiger charge is 2.35. The third-order valence-corrected chi connectivity index (χ3v) is 4.71. The Morgan fingerprint density at radius 1 is 1.17 bits per heavy atom. The van der Waals surface area contributed by atoms with E-state index >= 15 is 0 Å². The zero-order chi connectivity index (χ0) is 21.0. The van der Waals surface area contributed by atoms with Crippen LogP contribution < -0.4 is 10.2 Å². The number of amides is 4. The van der Waals surface area contributed by atoms with E-state index in [1.165, 1.54) is 18.9 Å². The summed E-state index contributed by atoms with van der Waals surface area (Å²) in [5.41, 5.74) is 1.61. The molecule has 0 saturated carbocycles. The Balaban J connectivity index is 1.49. The Bertz CT molecular complexity index is 790. The van der Waals surface area contributed by atoms with Crippen molar-refractivity contribution in [1.29, 1.82) is 0 Å². The molecule has 0 aliphatic carbocycles. The molecule has 1 atom stereocenters. The van der Waals surface area contributed by atoms with Gasteiger partial charge in [-0.25, -0.2) is 4.79 Å². The van der Waals surface area contributed by atoms with Crippen LogP contribution >= 0.6 is 0 Å². The van der Waals surface area contributed by atoms with Crippen molar-refractivity contribution >= 4 is 35.2 Å². The standard InChI is InChI=1S/C19H24N4O6/c1-13(29-17(25)12-23-16(24)11-21(2)19(23)27)18(26)20-14-3-5-15(6-4-14)22-7-9-28-10-8-22/h3-6,13H,7-12H2,1-2H3,(H,20,26)/t13-/m1/s1. The van der Waals surface area contributed by atoms with E-state index in [1.54, 1.807) is 12.1 Å². The summed E-state index contributed by atoms with van der Waals surface area (Å²) in [4.78, 5) is 52.0. The van der Waals surface area contributed by atoms with Crippen LogP contribution in [0.5, 0.6) is 0 Å². The first-order valence-corrected chi connectivity index (χ1v) is 9.33. The van der Waals surface area contributed by atoms with Crippen molar-refractivity contribution in [3.63, 3.8) is 0 Å². The van der Waals surface area contributed by atoms with Crippen molar-refractivity contribution < 1.29 is 28.7 Å². The van der Waals surface area contributed by atoms with Gasteiger partial charge in [-0.2, -0.15) is 0 Å². The lowest BCUT2D eigenvalue weighted by Crippen LogP contribution is -2.39. The summed E-state index contributed by atoms with van der Waals surface area (Å²) in [6.07, 6.45) is -1.08. The van der Waals surface area contributed by atoms with Crippen molar-refractivity contribution in [3.05, 3.63) is 24.3 Å². The molecule has 0 unspecified atom stereocenters. The van der Waals surface area contributed by atoms with Crippen molar-refractivity contribution in [2.24, 2.45) is 0 Å². The number of urea groups is 1. The molecule has 29 heavy (non-hydrogen) atoms. The zero-order valence-corrected chi connectivity index (χ0v) is 16.4. The Hall–Kier alpha value is -3.14. The van der Waals surface area contributed by atoms with Crippen LogP contribution in [0.3, 0.4) is 0 Å². The first-order chi connectivity index (χ1) is 13.8. The number of benzene rings is 1. The quantitative estimate of drug-likeness (QED) is 0.536. The average Bonchev–Trinajstić information content (AvgIpc) is 2.95. The smallest absolute Gasteiger partial charge is 0.327 e. The number of morpholine rings is 1. The number of ether oxygens (including phenoxy) is 2. The highest BCUT2D eigenvalue weighted by atomic mass is 16.5. The molecule has 2 heterocycles. The van der Waals surface area contributed by atoms with E-state index in [-0.39, 0.29) is 6.54 Å². The Kier molecular flexibility index (Phi) is 6.32. The van der Waals surface area contributed by atoms with E-state index in [1.807, 2.05) is 12.1 Å². The third kappa shape index (κ3) is 5.02. The van der Waals surface area contributed by atoms with Crippen molar-refractivity contribution in [2.45, 2.75) is 13.0 Å². The number of hydrogen-bond donors (Lipinski definition) is 1. The van der Waals surface area contributed by atoms with E-state index in [0.29, 0.717) is 18.9 Å². The number of carbonyl (C=O) groups excluding carboxylic acids is 4. The van der Waals surface area contributed by atoms with Gasteiger partial charge in [-0.05, 0) is 31.2 Å². The van der Waals surface area contributed by atoms with Crippen LogP contribution in [-0.2, 0) is 23.9 Å². The molecule has 156 valence electrons. The van der Waals surface area contributed by atoms with Gasteiger partial charge in [0.1, 0.15) is 13.1 Å². The number of anilines is 2. The van der Waals surface area contributed by atoms with Gasteiger partial charge in [0, 0.05) is 31.5 Å². The zero-order valence-electron chi connectivity index (χ0n) is 16.4. The van der Waals surface area contributed by atoms with Gasteiger partial charge in [-0.3, -0.25) is 19.3 Å². The Morgan fingerprint density at radius 2 is 1.83 bits per heavy atom. The summed E-state index contributed by atoms with van der Waals surface area (Å²) in [5, 5.41) is 2.68. The van der Waals surface area contributed by atoms with Gasteiger partial charge in [0.15, 0.2) is 6.10 Å². The molecule has 2 fully saturated rings. The molecule has 0 spiro atoms. The lowest BCUT2D eigenvalue weighted by atomic mass is 10.2. The Labute approximate surface area is 168 Å². The molecule has 0 radical (unpaired) electrons. The van der Waals surface area contributed by atoms with Gasteiger partial charge in [-0.15, -0.1) is 0 Å². The van der Waals surface area contributed by atoms with Crippen LogP contribution in [0.4, 0.5) is 16.2 Å². The Morgan fingerprint density at radius 3 is 2.41 bits per heavy atom. The molecule has 0 aromatic heterocycles. The maximum atomic E-state index is 12.3. The summed E-state index contributed by atoms with van der Waals surface area (Å²) in [7, 11) is 1.46. The van der Waals surface area contributed by atoms with Crippen LogP contribution in [0.1, 0.15) is 6.92 Å². The number of likely N-dealkylation sites (N-methyl/N-ethyl adjacent to an activating group) is 1. The minimum absolute atomic E-state index is 0.0808. The van der Waals surface area contributed by atoms with Crippen LogP contribution in [-0.4, -0.2) is 86.2 Å².